The van der Waals surface area contributed by atoms with Crippen LogP contribution in [0.2, 0.25) is 0 Å². The zero-order valence-electron chi connectivity index (χ0n) is 20.8. The van der Waals surface area contributed by atoms with Crippen LogP contribution in [-0.4, -0.2) is 36.4 Å². The van der Waals surface area contributed by atoms with Crippen LogP contribution in [0.4, 0.5) is 0 Å². The Balaban J connectivity index is 0. The number of hydrogen-bond acceptors (Lipinski definition) is 12. The molecule has 14 nitrogen and oxygen atoms in total. The predicted octanol–water partition coefficient (Wildman–Crippen LogP) is 0.0396. The summed E-state index contributed by atoms with van der Waals surface area (Å²) in [7, 11) is 0. The summed E-state index contributed by atoms with van der Waals surface area (Å²) in [4.78, 5) is 16.5. The molecule has 0 fully saturated rings. The van der Waals surface area contributed by atoms with E-state index in [4.69, 9.17) is 30.6 Å². The minimum atomic E-state index is -1.75. The Morgan fingerprint density at radius 2 is 0.737 bits per heavy atom. The van der Waals surface area contributed by atoms with E-state index in [-0.39, 0.29) is 44.5 Å². The van der Waals surface area contributed by atoms with Gasteiger partial charge in [-0.25, -0.2) is 0 Å². The maximum atomic E-state index is 12.6. The zero-order chi connectivity index (χ0) is 27.1. The summed E-state index contributed by atoms with van der Waals surface area (Å²) in [5.41, 5.74) is 5.44. The number of aryl methyl sites for hydroxylation is 2. The molecule has 0 saturated heterocycles. The van der Waals surface area contributed by atoms with Gasteiger partial charge in [-0.1, -0.05) is 46.9 Å². The van der Waals surface area contributed by atoms with Crippen LogP contribution < -0.4 is 31.5 Å². The maximum Gasteiger partial charge on any atom is 2.00 e. The van der Waals surface area contributed by atoms with Gasteiger partial charge in [0.25, 0.3) is 0 Å². The van der Waals surface area contributed by atoms with Crippen molar-refractivity contribution in [2.24, 2.45) is 0 Å². The van der Waals surface area contributed by atoms with Crippen molar-refractivity contribution in [3.05, 3.63) is 88.3 Å². The second kappa shape index (κ2) is 20.3. The Bertz CT molecular complexity index is 870. The van der Waals surface area contributed by atoms with Crippen molar-refractivity contribution in [3.8, 4) is 11.5 Å². The molecule has 0 saturated carbocycles. The van der Waals surface area contributed by atoms with E-state index in [1.54, 1.807) is 0 Å². The first-order valence-corrected chi connectivity index (χ1v) is 11.1. The smallest absolute Gasteiger partial charge is 0.872 e. The summed E-state index contributed by atoms with van der Waals surface area (Å²) in [6, 6.07) is 7.85. The molecule has 4 N–H and O–H groups in total. The maximum absolute atomic E-state index is 12.6. The number of nitrogens with zero attached hydrogens (tertiary/aromatic N) is 2. The van der Waals surface area contributed by atoms with Crippen molar-refractivity contribution in [3.63, 3.8) is 0 Å². The minimum absolute atomic E-state index is 0. The number of hydrogen-bond donors (Lipinski definition) is 4. The topological polar surface area (TPSA) is 227 Å². The summed E-state index contributed by atoms with van der Waals surface area (Å²) in [5.74, 6) is 0.239. The van der Waals surface area contributed by atoms with Gasteiger partial charge in [0.1, 0.15) is 0 Å². The van der Waals surface area contributed by atoms with Gasteiger partial charge in [-0.2, -0.15) is 0 Å². The fourth-order valence-electron chi connectivity index (χ4n) is 3.63. The molecule has 1 aliphatic heterocycles. The predicted molar refractivity (Wildman–Crippen MR) is 129 cm³/mol. The van der Waals surface area contributed by atoms with E-state index >= 15 is 0 Å². The van der Waals surface area contributed by atoms with E-state index < -0.39 is 10.2 Å². The van der Waals surface area contributed by atoms with E-state index in [2.05, 4.69) is 21.3 Å². The van der Waals surface area contributed by atoms with Crippen molar-refractivity contribution in [1.29, 1.82) is 0 Å². The zero-order valence-corrected chi connectivity index (χ0v) is 22.7. The minimum Gasteiger partial charge on any atom is -0.872 e. The Morgan fingerprint density at radius 1 is 0.553 bits per heavy atom. The van der Waals surface area contributed by atoms with Crippen LogP contribution in [0.25, 0.3) is 0 Å². The van der Waals surface area contributed by atoms with Gasteiger partial charge >= 0.3 is 33.0 Å². The van der Waals surface area contributed by atoms with Crippen LogP contribution in [0.3, 0.4) is 0 Å². The standard InChI is InChI=1S/C22H32N4O2.2NO3.2Ni/c1-15-7-17-11-23-3-5-25-13-19-9-16(2)10-20(22(19)28)14-26-6-4-24-12-18(8-15)21(17)27;2*2-1(3)4;;/h7-10,23-28H,3-6,11-14H2,1-2H3;;;;/q;2*-1;2*+2/p-2. The van der Waals surface area contributed by atoms with Gasteiger partial charge in [-0.05, 0) is 36.1 Å². The number of benzene rings is 2. The Hall–Kier alpha value is -2.73. The molecular weight excluding hydrogens is 594 g/mol. The van der Waals surface area contributed by atoms with Gasteiger partial charge in [-0.15, -0.1) is 0 Å². The number of fused-ring (bicyclic) bond motifs is 4. The van der Waals surface area contributed by atoms with E-state index in [1.165, 1.54) is 0 Å². The second-order valence-corrected chi connectivity index (χ2v) is 7.98. The molecule has 2 aromatic rings. The summed E-state index contributed by atoms with van der Waals surface area (Å²) in [6.45, 7) is 9.19. The average Bonchev–Trinajstić information content (AvgIpc) is 2.76. The normalized spacial score (nSPS) is 13.7. The third kappa shape index (κ3) is 15.5. The van der Waals surface area contributed by atoms with Gasteiger partial charge < -0.3 is 62.1 Å². The molecule has 3 rings (SSSR count). The molecule has 1 aliphatic rings. The molecule has 0 unspecified atom stereocenters. The molecule has 0 amide bonds. The third-order valence-corrected chi connectivity index (χ3v) is 4.99. The van der Waals surface area contributed by atoms with Crippen molar-refractivity contribution in [2.75, 3.05) is 26.2 Å². The van der Waals surface area contributed by atoms with E-state index in [1.807, 2.05) is 38.1 Å². The van der Waals surface area contributed by atoms with Gasteiger partial charge in [0.2, 0.25) is 0 Å². The monoisotopic (exact) mass is 622 g/mol. The van der Waals surface area contributed by atoms with Gasteiger partial charge in [0.15, 0.2) is 0 Å². The van der Waals surface area contributed by atoms with Crippen molar-refractivity contribution >= 4 is 0 Å². The van der Waals surface area contributed by atoms with Crippen LogP contribution in [0.1, 0.15) is 33.4 Å². The van der Waals surface area contributed by atoms with Crippen LogP contribution in [-0.2, 0) is 59.2 Å². The molecule has 1 heterocycles. The van der Waals surface area contributed by atoms with E-state index in [9.17, 15) is 10.2 Å². The van der Waals surface area contributed by atoms with Crippen molar-refractivity contribution < 1.29 is 53.4 Å². The average molecular weight is 624 g/mol. The van der Waals surface area contributed by atoms with Gasteiger partial charge in [0, 0.05) is 52.4 Å². The summed E-state index contributed by atoms with van der Waals surface area (Å²) < 4.78 is 0. The largest absolute Gasteiger partial charge is 2.00 e. The molecule has 38 heavy (non-hydrogen) atoms. The molecular formula is C22H30N6Ni2O8. The molecule has 16 heteroatoms. The molecule has 0 atom stereocenters. The Labute approximate surface area is 240 Å². The summed E-state index contributed by atoms with van der Waals surface area (Å²) in [6.07, 6.45) is 0. The Morgan fingerprint density at radius 3 is 0.921 bits per heavy atom. The summed E-state index contributed by atoms with van der Waals surface area (Å²) in [5, 5.41) is 68.1. The van der Waals surface area contributed by atoms with Crippen LogP contribution in [0, 0.1) is 44.5 Å². The number of nitrogens with one attached hydrogen (secondary N) is 4. The number of rotatable bonds is 0. The molecule has 0 aliphatic carbocycles. The fourth-order valence-corrected chi connectivity index (χ4v) is 3.63. The first-order chi connectivity index (χ1) is 17.0. The van der Waals surface area contributed by atoms with Gasteiger partial charge in [-0.3, -0.25) is 0 Å². The van der Waals surface area contributed by atoms with Crippen molar-refractivity contribution in [2.45, 2.75) is 40.0 Å². The fraction of sp³-hybridized carbons (Fsp3) is 0.455. The first-order valence-electron chi connectivity index (χ1n) is 11.1. The van der Waals surface area contributed by atoms with E-state index in [0.717, 1.165) is 59.6 Å². The quantitative estimate of drug-likeness (QED) is 0.173. The van der Waals surface area contributed by atoms with E-state index in [0.29, 0.717) is 26.2 Å². The molecule has 0 aromatic heterocycles. The molecule has 0 radical (unpaired) electrons. The van der Waals surface area contributed by atoms with Crippen LogP contribution >= 0.6 is 0 Å². The molecule has 4 bridgehead atoms. The van der Waals surface area contributed by atoms with Crippen LogP contribution in [0.5, 0.6) is 11.5 Å². The molecule has 0 spiro atoms. The summed E-state index contributed by atoms with van der Waals surface area (Å²) >= 11 is 0. The first kappa shape index (κ1) is 37.4. The Kier molecular flexibility index (Phi) is 19.9. The molecule has 2 aromatic carbocycles. The molecule has 216 valence electrons. The van der Waals surface area contributed by atoms with Crippen molar-refractivity contribution in [1.82, 2.24) is 21.3 Å². The second-order valence-electron chi connectivity index (χ2n) is 7.98. The third-order valence-electron chi connectivity index (χ3n) is 4.99. The van der Waals surface area contributed by atoms with Crippen LogP contribution in [0.15, 0.2) is 24.3 Å². The van der Waals surface area contributed by atoms with Gasteiger partial charge in [0.05, 0.1) is 10.2 Å². The SMILES string of the molecule is Cc1cc2c([O-])c(c1)CNCCNCc1cc(C)cc(c1[O-])CNCCNC2.O=[N+]([O-])[O-].O=[N+]([O-])[O-].[Ni+2].[Ni+2].